The molecule has 1 aromatic carbocycles. The van der Waals surface area contributed by atoms with E-state index in [1.807, 2.05) is 50.2 Å². The molecule has 0 saturated carbocycles. The van der Waals surface area contributed by atoms with Crippen LogP contribution in [0.25, 0.3) is 0 Å². The van der Waals surface area contributed by atoms with Gasteiger partial charge in [0.15, 0.2) is 0 Å². The second-order valence-electron chi connectivity index (χ2n) is 4.57. The summed E-state index contributed by atoms with van der Waals surface area (Å²) in [6.07, 6.45) is 1.64. The van der Waals surface area contributed by atoms with Crippen molar-refractivity contribution in [2.24, 2.45) is 0 Å². The topological polar surface area (TPSA) is 45.2 Å². The Morgan fingerprint density at radius 1 is 1.21 bits per heavy atom. The van der Waals surface area contributed by atoms with Gasteiger partial charge in [0.2, 0.25) is 0 Å². The van der Waals surface area contributed by atoms with Crippen molar-refractivity contribution in [3.8, 4) is 0 Å². The normalized spacial score (nSPS) is 10.1. The van der Waals surface area contributed by atoms with Crippen LogP contribution in [0.5, 0.6) is 0 Å². The molecule has 0 unspecified atom stereocenters. The van der Waals surface area contributed by atoms with Gasteiger partial charge in [-0.3, -0.25) is 4.79 Å². The summed E-state index contributed by atoms with van der Waals surface area (Å²) in [4.78, 5) is 18.2. The number of carbonyl (C=O) groups excluding carboxylic acids is 1. The zero-order valence-corrected chi connectivity index (χ0v) is 11.3. The zero-order chi connectivity index (χ0) is 13.8. The standard InChI is InChI=1S/C15H17N3O/c1-11-6-4-5-7-13(11)17-15(19)12-8-9-16-14(10-12)18(2)3/h4-10H,1-3H3,(H,17,19). The maximum Gasteiger partial charge on any atom is 0.255 e. The summed E-state index contributed by atoms with van der Waals surface area (Å²) in [5.74, 6) is 0.636. The lowest BCUT2D eigenvalue weighted by atomic mass is 10.2. The maximum absolute atomic E-state index is 12.2. The molecule has 1 heterocycles. The molecule has 98 valence electrons. The molecule has 0 aliphatic heterocycles. The molecule has 0 fully saturated rings. The Labute approximate surface area is 113 Å². The van der Waals surface area contributed by atoms with Gasteiger partial charge in [-0.15, -0.1) is 0 Å². The highest BCUT2D eigenvalue weighted by atomic mass is 16.1. The van der Waals surface area contributed by atoms with E-state index < -0.39 is 0 Å². The lowest BCUT2D eigenvalue weighted by Gasteiger charge is -2.12. The predicted octanol–water partition coefficient (Wildman–Crippen LogP) is 2.71. The van der Waals surface area contributed by atoms with Gasteiger partial charge >= 0.3 is 0 Å². The number of para-hydroxylation sites is 1. The maximum atomic E-state index is 12.2. The molecule has 4 nitrogen and oxygen atoms in total. The molecule has 0 atom stereocenters. The highest BCUT2D eigenvalue weighted by Crippen LogP contribution is 2.16. The first-order valence-electron chi connectivity index (χ1n) is 6.08. The van der Waals surface area contributed by atoms with Crippen molar-refractivity contribution < 1.29 is 4.79 Å². The Morgan fingerprint density at radius 2 is 1.95 bits per heavy atom. The molecule has 0 spiro atoms. The largest absolute Gasteiger partial charge is 0.363 e. The third-order valence-corrected chi connectivity index (χ3v) is 2.86. The van der Waals surface area contributed by atoms with E-state index in [0.717, 1.165) is 17.1 Å². The van der Waals surface area contributed by atoms with E-state index in [-0.39, 0.29) is 5.91 Å². The summed E-state index contributed by atoms with van der Waals surface area (Å²) < 4.78 is 0. The number of hydrogen-bond acceptors (Lipinski definition) is 3. The number of nitrogens with one attached hydrogen (secondary N) is 1. The van der Waals surface area contributed by atoms with Crippen molar-refractivity contribution in [1.29, 1.82) is 0 Å². The first-order chi connectivity index (χ1) is 9.08. The molecule has 1 aromatic heterocycles. The van der Waals surface area contributed by atoms with Crippen molar-refractivity contribution in [2.75, 3.05) is 24.3 Å². The molecule has 19 heavy (non-hydrogen) atoms. The van der Waals surface area contributed by atoms with Gasteiger partial charge in [-0.25, -0.2) is 4.98 Å². The quantitative estimate of drug-likeness (QED) is 0.917. The molecule has 2 rings (SSSR count). The van der Waals surface area contributed by atoms with Crippen molar-refractivity contribution in [2.45, 2.75) is 6.92 Å². The Hall–Kier alpha value is -2.36. The van der Waals surface area contributed by atoms with Crippen LogP contribution in [0, 0.1) is 6.92 Å². The van der Waals surface area contributed by atoms with Crippen molar-refractivity contribution in [3.05, 3.63) is 53.7 Å². The van der Waals surface area contributed by atoms with Gasteiger partial charge in [-0.05, 0) is 30.7 Å². The van der Waals surface area contributed by atoms with Gasteiger partial charge in [0.25, 0.3) is 5.91 Å². The van der Waals surface area contributed by atoms with Crippen LogP contribution in [-0.2, 0) is 0 Å². The Bertz CT molecular complexity index is 593. The van der Waals surface area contributed by atoms with E-state index in [9.17, 15) is 4.79 Å². The first-order valence-corrected chi connectivity index (χ1v) is 6.08. The zero-order valence-electron chi connectivity index (χ0n) is 11.3. The van der Waals surface area contributed by atoms with Crippen molar-refractivity contribution >= 4 is 17.4 Å². The average Bonchev–Trinajstić information content (AvgIpc) is 2.41. The van der Waals surface area contributed by atoms with Crippen LogP contribution >= 0.6 is 0 Å². The molecule has 4 heteroatoms. The van der Waals surface area contributed by atoms with Gasteiger partial charge in [0.05, 0.1) is 0 Å². The molecule has 1 amide bonds. The number of nitrogens with zero attached hydrogens (tertiary/aromatic N) is 2. The summed E-state index contributed by atoms with van der Waals surface area (Å²) in [7, 11) is 3.79. The monoisotopic (exact) mass is 255 g/mol. The van der Waals surface area contributed by atoms with E-state index in [1.54, 1.807) is 18.3 Å². The number of rotatable bonds is 3. The van der Waals surface area contributed by atoms with Gasteiger partial charge in [-0.2, -0.15) is 0 Å². The van der Waals surface area contributed by atoms with E-state index in [1.165, 1.54) is 0 Å². The van der Waals surface area contributed by atoms with Gasteiger partial charge in [0.1, 0.15) is 5.82 Å². The van der Waals surface area contributed by atoms with E-state index in [2.05, 4.69) is 10.3 Å². The molecule has 0 saturated heterocycles. The minimum Gasteiger partial charge on any atom is -0.363 e. The Kier molecular flexibility index (Phi) is 3.80. The molecule has 2 aromatic rings. The van der Waals surface area contributed by atoms with Gasteiger partial charge in [0, 0.05) is 31.5 Å². The number of aryl methyl sites for hydroxylation is 1. The van der Waals surface area contributed by atoms with Gasteiger partial charge < -0.3 is 10.2 Å². The summed E-state index contributed by atoms with van der Waals surface area (Å²) >= 11 is 0. The van der Waals surface area contributed by atoms with E-state index >= 15 is 0 Å². The fourth-order valence-electron chi connectivity index (χ4n) is 1.71. The molecular weight excluding hydrogens is 238 g/mol. The molecule has 0 aliphatic carbocycles. The summed E-state index contributed by atoms with van der Waals surface area (Å²) in [6.45, 7) is 1.97. The lowest BCUT2D eigenvalue weighted by Crippen LogP contribution is -2.15. The number of benzene rings is 1. The molecule has 1 N–H and O–H groups in total. The van der Waals surface area contributed by atoms with Gasteiger partial charge in [-0.1, -0.05) is 18.2 Å². The predicted molar refractivity (Wildman–Crippen MR) is 77.7 cm³/mol. The first kappa shape index (κ1) is 13.1. The highest BCUT2D eigenvalue weighted by molar-refractivity contribution is 6.05. The third kappa shape index (κ3) is 3.10. The Balaban J connectivity index is 2.21. The number of hydrogen-bond donors (Lipinski definition) is 1. The number of pyridine rings is 1. The summed E-state index contributed by atoms with van der Waals surface area (Å²) in [5, 5.41) is 2.91. The smallest absolute Gasteiger partial charge is 0.255 e. The fourth-order valence-corrected chi connectivity index (χ4v) is 1.71. The third-order valence-electron chi connectivity index (χ3n) is 2.86. The fraction of sp³-hybridized carbons (Fsp3) is 0.200. The van der Waals surface area contributed by atoms with E-state index in [0.29, 0.717) is 5.56 Å². The number of carbonyl (C=O) groups is 1. The van der Waals surface area contributed by atoms with Crippen LogP contribution in [0.3, 0.4) is 0 Å². The van der Waals surface area contributed by atoms with Crippen molar-refractivity contribution in [3.63, 3.8) is 0 Å². The summed E-state index contributed by atoms with van der Waals surface area (Å²) in [6, 6.07) is 11.2. The second kappa shape index (κ2) is 5.52. The van der Waals surface area contributed by atoms with Crippen LogP contribution in [0.2, 0.25) is 0 Å². The minimum atomic E-state index is -0.125. The van der Waals surface area contributed by atoms with Crippen LogP contribution in [0.15, 0.2) is 42.6 Å². The molecule has 0 aliphatic rings. The Morgan fingerprint density at radius 3 is 2.63 bits per heavy atom. The average molecular weight is 255 g/mol. The van der Waals surface area contributed by atoms with Crippen LogP contribution in [0.1, 0.15) is 15.9 Å². The second-order valence-corrected chi connectivity index (χ2v) is 4.57. The molecular formula is C15H17N3O. The highest BCUT2D eigenvalue weighted by Gasteiger charge is 2.09. The summed E-state index contributed by atoms with van der Waals surface area (Å²) in [5.41, 5.74) is 2.47. The minimum absolute atomic E-state index is 0.125. The van der Waals surface area contributed by atoms with Crippen LogP contribution < -0.4 is 10.2 Å². The lowest BCUT2D eigenvalue weighted by molar-refractivity contribution is 0.102. The number of amides is 1. The number of aromatic nitrogens is 1. The van der Waals surface area contributed by atoms with Crippen LogP contribution in [-0.4, -0.2) is 25.0 Å². The van der Waals surface area contributed by atoms with Crippen LogP contribution in [0.4, 0.5) is 11.5 Å². The van der Waals surface area contributed by atoms with E-state index in [4.69, 9.17) is 0 Å². The van der Waals surface area contributed by atoms with Crippen molar-refractivity contribution in [1.82, 2.24) is 4.98 Å². The number of anilines is 2. The molecule has 0 radical (unpaired) electrons. The molecule has 0 bridgehead atoms. The SMILES string of the molecule is Cc1ccccc1NC(=O)c1ccnc(N(C)C)c1.